The van der Waals surface area contributed by atoms with E-state index >= 15 is 0 Å². The molecule has 0 saturated carbocycles. The molecule has 24 heavy (non-hydrogen) atoms. The minimum absolute atomic E-state index is 0.227. The van der Waals surface area contributed by atoms with Gasteiger partial charge in [0.1, 0.15) is 11.3 Å². The van der Waals surface area contributed by atoms with Crippen molar-refractivity contribution < 1.29 is 9.26 Å². The van der Waals surface area contributed by atoms with Crippen molar-refractivity contribution in [1.29, 1.82) is 0 Å². The third kappa shape index (κ3) is 2.71. The van der Waals surface area contributed by atoms with Crippen LogP contribution in [0.5, 0.6) is 5.75 Å². The van der Waals surface area contributed by atoms with Gasteiger partial charge < -0.3 is 9.26 Å². The van der Waals surface area contributed by atoms with Crippen molar-refractivity contribution in [3.05, 3.63) is 54.4 Å². The van der Waals surface area contributed by atoms with Crippen molar-refractivity contribution in [3.8, 4) is 17.1 Å². The Hall–Kier alpha value is -3.22. The fraction of sp³-hybridized carbons (Fsp3) is 0.176. The lowest BCUT2D eigenvalue weighted by molar-refractivity contribution is 0.243. The van der Waals surface area contributed by atoms with Gasteiger partial charge in [0.25, 0.3) is 5.89 Å². The lowest BCUT2D eigenvalue weighted by Crippen LogP contribution is -1.96. The minimum Gasteiger partial charge on any atom is -0.484 e. The molecule has 4 aromatic rings. The van der Waals surface area contributed by atoms with Gasteiger partial charge in [-0.05, 0) is 37.3 Å². The molecule has 0 aliphatic rings. The maximum Gasteiger partial charge on any atom is 0.264 e. The highest BCUT2D eigenvalue weighted by atomic mass is 16.5. The average molecular weight is 321 g/mol. The van der Waals surface area contributed by atoms with E-state index in [1.807, 2.05) is 60.1 Å². The standard InChI is InChI=1S/C17H15N5O2/c1-2-22-15-9-8-12(10-14(15)19-21-22)17-18-16(24-20-17)11-23-13-6-4-3-5-7-13/h3-10H,2,11H2,1H3. The number of hydrogen-bond acceptors (Lipinski definition) is 6. The van der Waals surface area contributed by atoms with Crippen LogP contribution in [0, 0.1) is 0 Å². The van der Waals surface area contributed by atoms with Crippen molar-refractivity contribution in [2.45, 2.75) is 20.1 Å². The Morgan fingerprint density at radius 1 is 1.12 bits per heavy atom. The highest BCUT2D eigenvalue weighted by Crippen LogP contribution is 2.21. The summed E-state index contributed by atoms with van der Waals surface area (Å²) in [5, 5.41) is 12.3. The molecule has 2 aromatic heterocycles. The van der Waals surface area contributed by atoms with Crippen LogP contribution in [0.15, 0.2) is 53.1 Å². The molecule has 0 bridgehead atoms. The smallest absolute Gasteiger partial charge is 0.264 e. The molecule has 0 atom stereocenters. The highest BCUT2D eigenvalue weighted by molar-refractivity contribution is 5.79. The normalized spacial score (nSPS) is 11.0. The van der Waals surface area contributed by atoms with Crippen molar-refractivity contribution in [2.75, 3.05) is 0 Å². The first-order chi connectivity index (χ1) is 11.8. The first-order valence-corrected chi connectivity index (χ1v) is 7.67. The maximum atomic E-state index is 5.61. The summed E-state index contributed by atoms with van der Waals surface area (Å²) in [6, 6.07) is 15.3. The van der Waals surface area contributed by atoms with Crippen molar-refractivity contribution in [1.82, 2.24) is 25.1 Å². The third-order valence-electron chi connectivity index (χ3n) is 3.65. The number of benzene rings is 2. The number of hydrogen-bond donors (Lipinski definition) is 0. The molecule has 0 fully saturated rings. The number of rotatable bonds is 5. The van der Waals surface area contributed by atoms with Crippen LogP contribution in [0.3, 0.4) is 0 Å². The summed E-state index contributed by atoms with van der Waals surface area (Å²) in [6.45, 7) is 3.03. The summed E-state index contributed by atoms with van der Waals surface area (Å²) in [7, 11) is 0. The zero-order valence-electron chi connectivity index (χ0n) is 13.1. The molecule has 2 aromatic carbocycles. The number of aromatic nitrogens is 5. The molecule has 0 unspecified atom stereocenters. The predicted molar refractivity (Wildman–Crippen MR) is 87.3 cm³/mol. The van der Waals surface area contributed by atoms with E-state index in [1.165, 1.54) is 0 Å². The molecule has 0 saturated heterocycles. The van der Waals surface area contributed by atoms with Crippen molar-refractivity contribution in [2.24, 2.45) is 0 Å². The van der Waals surface area contributed by atoms with Crippen molar-refractivity contribution >= 4 is 11.0 Å². The van der Waals surface area contributed by atoms with Crippen molar-refractivity contribution in [3.63, 3.8) is 0 Å². The molecule has 0 amide bonds. The second-order valence-electron chi connectivity index (χ2n) is 5.22. The van der Waals surface area contributed by atoms with Crippen LogP contribution >= 0.6 is 0 Å². The van der Waals surface area contributed by atoms with Crippen LogP contribution in [0.25, 0.3) is 22.4 Å². The molecule has 0 radical (unpaired) electrons. The quantitative estimate of drug-likeness (QED) is 0.562. The molecule has 2 heterocycles. The van der Waals surface area contributed by atoms with Gasteiger partial charge in [-0.15, -0.1) is 5.10 Å². The van der Waals surface area contributed by atoms with Crippen LogP contribution in [0.1, 0.15) is 12.8 Å². The number of nitrogens with zero attached hydrogens (tertiary/aromatic N) is 5. The summed E-state index contributed by atoms with van der Waals surface area (Å²) in [4.78, 5) is 4.37. The Bertz CT molecular complexity index is 961. The Kier molecular flexibility index (Phi) is 3.66. The summed E-state index contributed by atoms with van der Waals surface area (Å²) >= 11 is 0. The van der Waals surface area contributed by atoms with Gasteiger partial charge in [-0.2, -0.15) is 4.98 Å². The van der Waals surface area contributed by atoms with Gasteiger partial charge >= 0.3 is 0 Å². The van der Waals surface area contributed by atoms with Gasteiger partial charge in [-0.3, -0.25) is 0 Å². The zero-order valence-corrected chi connectivity index (χ0v) is 13.1. The molecule has 7 nitrogen and oxygen atoms in total. The van der Waals surface area contributed by atoms with E-state index in [1.54, 1.807) is 0 Å². The maximum absolute atomic E-state index is 5.61. The molecular formula is C17H15N5O2. The van der Waals surface area contributed by atoms with E-state index in [0.29, 0.717) is 11.7 Å². The first kappa shape index (κ1) is 14.4. The molecule has 0 aliphatic carbocycles. The van der Waals surface area contributed by atoms with Crippen LogP contribution < -0.4 is 4.74 Å². The number of fused-ring (bicyclic) bond motifs is 1. The zero-order chi connectivity index (χ0) is 16.4. The Balaban J connectivity index is 1.54. The Morgan fingerprint density at radius 2 is 2.00 bits per heavy atom. The van der Waals surface area contributed by atoms with E-state index in [2.05, 4.69) is 20.5 Å². The first-order valence-electron chi connectivity index (χ1n) is 7.67. The van der Waals surface area contributed by atoms with Gasteiger partial charge in [-0.25, -0.2) is 4.68 Å². The summed E-state index contributed by atoms with van der Waals surface area (Å²) in [6.07, 6.45) is 0. The monoisotopic (exact) mass is 321 g/mol. The molecule has 120 valence electrons. The second-order valence-corrected chi connectivity index (χ2v) is 5.22. The topological polar surface area (TPSA) is 78.9 Å². The highest BCUT2D eigenvalue weighted by Gasteiger charge is 2.11. The second kappa shape index (κ2) is 6.11. The predicted octanol–water partition coefficient (Wildman–Crippen LogP) is 3.08. The minimum atomic E-state index is 0.227. The van der Waals surface area contributed by atoms with Gasteiger partial charge in [0, 0.05) is 12.1 Å². The Morgan fingerprint density at radius 3 is 2.83 bits per heavy atom. The van der Waals surface area contributed by atoms with Crippen LogP contribution in [-0.4, -0.2) is 25.1 Å². The van der Waals surface area contributed by atoms with Crippen LogP contribution in [0.4, 0.5) is 0 Å². The number of para-hydroxylation sites is 1. The fourth-order valence-electron chi connectivity index (χ4n) is 2.44. The van der Waals surface area contributed by atoms with E-state index in [-0.39, 0.29) is 6.61 Å². The third-order valence-corrected chi connectivity index (χ3v) is 3.65. The average Bonchev–Trinajstić information content (AvgIpc) is 3.27. The molecular weight excluding hydrogens is 306 g/mol. The summed E-state index contributed by atoms with van der Waals surface area (Å²) in [5.74, 6) is 1.69. The number of aryl methyl sites for hydroxylation is 1. The lowest BCUT2D eigenvalue weighted by Gasteiger charge is -2.01. The molecule has 4 rings (SSSR count). The van der Waals surface area contributed by atoms with Gasteiger partial charge in [0.2, 0.25) is 5.82 Å². The molecule has 0 aliphatic heterocycles. The van der Waals surface area contributed by atoms with Gasteiger partial charge in [0.05, 0.1) is 5.52 Å². The van der Waals surface area contributed by atoms with Crippen LogP contribution in [0.2, 0.25) is 0 Å². The van der Waals surface area contributed by atoms with Gasteiger partial charge in [-0.1, -0.05) is 28.6 Å². The van der Waals surface area contributed by atoms with E-state index in [4.69, 9.17) is 9.26 Å². The SMILES string of the molecule is CCn1nnc2cc(-c3noc(COc4ccccc4)n3)ccc21. The van der Waals surface area contributed by atoms with E-state index < -0.39 is 0 Å². The number of ether oxygens (including phenoxy) is 1. The van der Waals surface area contributed by atoms with E-state index in [9.17, 15) is 0 Å². The van der Waals surface area contributed by atoms with E-state index in [0.717, 1.165) is 28.9 Å². The summed E-state index contributed by atoms with van der Waals surface area (Å²) in [5.41, 5.74) is 2.62. The Labute approximate surface area is 137 Å². The molecule has 0 N–H and O–H groups in total. The van der Waals surface area contributed by atoms with Crippen LogP contribution in [-0.2, 0) is 13.2 Å². The largest absolute Gasteiger partial charge is 0.484 e. The fourth-order valence-corrected chi connectivity index (χ4v) is 2.44. The summed E-state index contributed by atoms with van der Waals surface area (Å²) < 4.78 is 12.7. The van der Waals surface area contributed by atoms with Gasteiger partial charge in [0.15, 0.2) is 6.61 Å². The molecule has 0 spiro atoms. The lowest BCUT2D eigenvalue weighted by atomic mass is 10.2. The molecule has 7 heteroatoms.